The van der Waals surface area contributed by atoms with Crippen molar-refractivity contribution in [2.45, 2.75) is 32.2 Å². The van der Waals surface area contributed by atoms with Crippen LogP contribution in [0, 0.1) is 5.82 Å². The minimum atomic E-state index is -1.82. The highest BCUT2D eigenvalue weighted by atomic mass is 19.1. The molecule has 172 valence electrons. The van der Waals surface area contributed by atoms with Gasteiger partial charge in [0.15, 0.2) is 0 Å². The molecule has 2 heterocycles. The average molecular weight is 446 g/mol. The fraction of sp³-hybridized carbons (Fsp3) is 0.455. The molecular formula is C22H27FN4O5. The van der Waals surface area contributed by atoms with Crippen molar-refractivity contribution in [1.82, 2.24) is 14.7 Å². The van der Waals surface area contributed by atoms with Crippen LogP contribution in [0.2, 0.25) is 0 Å². The smallest absolute Gasteiger partial charge is 0.414 e. The number of fused-ring (bicyclic) bond motifs is 1. The van der Waals surface area contributed by atoms with Gasteiger partial charge in [-0.25, -0.2) is 18.7 Å². The van der Waals surface area contributed by atoms with Crippen molar-refractivity contribution in [3.63, 3.8) is 0 Å². The van der Waals surface area contributed by atoms with E-state index in [0.29, 0.717) is 6.54 Å². The zero-order valence-electron chi connectivity index (χ0n) is 17.7. The molecule has 4 rings (SSSR count). The Kier molecular flexibility index (Phi) is 7.93. The van der Waals surface area contributed by atoms with Gasteiger partial charge >= 0.3 is 11.9 Å². The van der Waals surface area contributed by atoms with Crippen LogP contribution in [0.3, 0.4) is 0 Å². The number of piperazine rings is 1. The number of aliphatic carboxylic acids is 2. The normalized spacial score (nSPS) is 16.0. The van der Waals surface area contributed by atoms with Gasteiger partial charge in [0.1, 0.15) is 5.82 Å². The number of nitrogens with zero attached hydrogens (tertiary/aromatic N) is 4. The summed E-state index contributed by atoms with van der Waals surface area (Å²) in [6.45, 7) is 5.19. The SMILES string of the molecule is O=C(O)C(=O)O.O=c1cc2c(nn1CCN1CCN(c3ccc(F)cc3)CC1)CCCC2. The third-order valence-electron chi connectivity index (χ3n) is 5.65. The highest BCUT2D eigenvalue weighted by Crippen LogP contribution is 2.18. The molecule has 1 aromatic carbocycles. The lowest BCUT2D eigenvalue weighted by molar-refractivity contribution is -0.159. The number of carboxylic acid groups (broad SMARTS) is 2. The lowest BCUT2D eigenvalue weighted by Crippen LogP contribution is -2.47. The van der Waals surface area contributed by atoms with E-state index >= 15 is 0 Å². The number of hydrogen-bond donors (Lipinski definition) is 2. The van der Waals surface area contributed by atoms with Crippen molar-refractivity contribution < 1.29 is 24.2 Å². The quantitative estimate of drug-likeness (QED) is 0.674. The Morgan fingerprint density at radius 3 is 2.19 bits per heavy atom. The van der Waals surface area contributed by atoms with E-state index in [1.807, 2.05) is 12.1 Å². The molecule has 0 spiro atoms. The van der Waals surface area contributed by atoms with Crippen LogP contribution >= 0.6 is 0 Å². The highest BCUT2D eigenvalue weighted by Gasteiger charge is 2.18. The first-order valence-electron chi connectivity index (χ1n) is 10.6. The molecule has 1 aliphatic heterocycles. The maximum atomic E-state index is 13.1. The maximum Gasteiger partial charge on any atom is 0.414 e. The molecule has 1 aromatic heterocycles. The summed E-state index contributed by atoms with van der Waals surface area (Å²) in [6.07, 6.45) is 4.32. The predicted molar refractivity (Wildman–Crippen MR) is 115 cm³/mol. The van der Waals surface area contributed by atoms with Gasteiger partial charge in [-0.05, 0) is 55.5 Å². The molecule has 10 heteroatoms. The molecule has 9 nitrogen and oxygen atoms in total. The summed E-state index contributed by atoms with van der Waals surface area (Å²) in [4.78, 5) is 35.1. The molecule has 0 atom stereocenters. The number of aryl methyl sites for hydroxylation is 2. The van der Waals surface area contributed by atoms with E-state index < -0.39 is 11.9 Å². The second-order valence-electron chi connectivity index (χ2n) is 7.80. The number of benzene rings is 1. The average Bonchev–Trinajstić information content (AvgIpc) is 2.79. The molecule has 2 aliphatic rings. The monoisotopic (exact) mass is 446 g/mol. The first-order chi connectivity index (χ1) is 15.3. The fourth-order valence-corrected chi connectivity index (χ4v) is 3.88. The van der Waals surface area contributed by atoms with Crippen LogP contribution in [0.5, 0.6) is 0 Å². The van der Waals surface area contributed by atoms with Gasteiger partial charge in [0.05, 0.1) is 12.2 Å². The van der Waals surface area contributed by atoms with Crippen molar-refractivity contribution in [3.8, 4) is 0 Å². The number of anilines is 1. The van der Waals surface area contributed by atoms with Crippen molar-refractivity contribution in [2.75, 3.05) is 37.6 Å². The second kappa shape index (κ2) is 10.9. The molecule has 0 unspecified atom stereocenters. The molecule has 1 aliphatic carbocycles. The summed E-state index contributed by atoms with van der Waals surface area (Å²) in [5.74, 6) is -3.85. The van der Waals surface area contributed by atoms with E-state index in [0.717, 1.165) is 68.9 Å². The minimum Gasteiger partial charge on any atom is -0.473 e. The van der Waals surface area contributed by atoms with E-state index in [2.05, 4.69) is 14.9 Å². The lowest BCUT2D eigenvalue weighted by Gasteiger charge is -2.36. The zero-order valence-corrected chi connectivity index (χ0v) is 17.7. The maximum absolute atomic E-state index is 13.1. The van der Waals surface area contributed by atoms with Gasteiger partial charge in [0.25, 0.3) is 5.56 Å². The van der Waals surface area contributed by atoms with Crippen LogP contribution in [-0.2, 0) is 29.0 Å². The Morgan fingerprint density at radius 2 is 1.56 bits per heavy atom. The Balaban J connectivity index is 0.000000427. The van der Waals surface area contributed by atoms with E-state index in [-0.39, 0.29) is 11.4 Å². The Hall–Kier alpha value is -3.27. The van der Waals surface area contributed by atoms with Gasteiger partial charge in [0.2, 0.25) is 0 Å². The molecular weight excluding hydrogens is 419 g/mol. The summed E-state index contributed by atoms with van der Waals surface area (Å²) >= 11 is 0. The molecule has 0 radical (unpaired) electrons. The fourth-order valence-electron chi connectivity index (χ4n) is 3.88. The van der Waals surface area contributed by atoms with Gasteiger partial charge in [-0.2, -0.15) is 5.10 Å². The summed E-state index contributed by atoms with van der Waals surface area (Å²) in [5.41, 5.74) is 3.34. The minimum absolute atomic E-state index is 0.0237. The van der Waals surface area contributed by atoms with Crippen molar-refractivity contribution >= 4 is 17.6 Å². The Labute approximate surface area is 184 Å². The molecule has 2 N–H and O–H groups in total. The van der Waals surface area contributed by atoms with E-state index in [1.54, 1.807) is 10.7 Å². The van der Waals surface area contributed by atoms with Crippen LogP contribution in [-0.4, -0.2) is 69.6 Å². The Bertz CT molecular complexity index is 988. The van der Waals surface area contributed by atoms with Crippen LogP contribution in [0.25, 0.3) is 0 Å². The van der Waals surface area contributed by atoms with Crippen molar-refractivity contribution in [3.05, 3.63) is 57.8 Å². The van der Waals surface area contributed by atoms with Crippen LogP contribution in [0.4, 0.5) is 10.1 Å². The summed E-state index contributed by atoms with van der Waals surface area (Å²) in [5, 5.41) is 19.4. The number of rotatable bonds is 4. The summed E-state index contributed by atoms with van der Waals surface area (Å²) < 4.78 is 14.7. The van der Waals surface area contributed by atoms with Gasteiger partial charge in [-0.3, -0.25) is 9.69 Å². The molecule has 2 aromatic rings. The molecule has 0 amide bonds. The molecule has 1 saturated heterocycles. The molecule has 0 saturated carbocycles. The highest BCUT2D eigenvalue weighted by molar-refractivity contribution is 6.27. The van der Waals surface area contributed by atoms with Gasteiger partial charge in [-0.15, -0.1) is 0 Å². The lowest BCUT2D eigenvalue weighted by atomic mass is 9.97. The molecule has 1 fully saturated rings. The van der Waals surface area contributed by atoms with Crippen molar-refractivity contribution in [2.24, 2.45) is 0 Å². The van der Waals surface area contributed by atoms with E-state index in [4.69, 9.17) is 19.8 Å². The van der Waals surface area contributed by atoms with Crippen LogP contribution in [0.1, 0.15) is 24.1 Å². The number of halogens is 1. The predicted octanol–water partition coefficient (Wildman–Crippen LogP) is 1.24. The van der Waals surface area contributed by atoms with E-state index in [9.17, 15) is 9.18 Å². The first-order valence-corrected chi connectivity index (χ1v) is 10.6. The zero-order chi connectivity index (χ0) is 23.1. The van der Waals surface area contributed by atoms with Crippen LogP contribution in [0.15, 0.2) is 35.1 Å². The molecule has 32 heavy (non-hydrogen) atoms. The summed E-state index contributed by atoms with van der Waals surface area (Å²) in [6, 6.07) is 8.48. The first kappa shape index (κ1) is 23.4. The standard InChI is InChI=1S/C20H25FN4O.C2H2O4/c21-17-5-7-18(8-6-17)24-12-9-23(10-13-24)11-14-25-20(26)15-16-3-1-2-4-19(16)22-25;3-1(4)2(5)6/h5-8,15H,1-4,9-14H2;(H,3,4)(H,5,6). The number of carboxylic acids is 2. The second-order valence-corrected chi connectivity index (χ2v) is 7.80. The number of hydrogen-bond acceptors (Lipinski definition) is 6. The van der Waals surface area contributed by atoms with Gasteiger partial charge < -0.3 is 15.1 Å². The topological polar surface area (TPSA) is 116 Å². The van der Waals surface area contributed by atoms with E-state index in [1.165, 1.54) is 18.6 Å². The third-order valence-corrected chi connectivity index (χ3v) is 5.65. The number of aromatic nitrogens is 2. The van der Waals surface area contributed by atoms with Gasteiger partial charge in [-0.1, -0.05) is 0 Å². The Morgan fingerprint density at radius 1 is 0.938 bits per heavy atom. The van der Waals surface area contributed by atoms with Crippen LogP contribution < -0.4 is 10.5 Å². The van der Waals surface area contributed by atoms with Gasteiger partial charge in [0, 0.05) is 44.5 Å². The third kappa shape index (κ3) is 6.36. The summed E-state index contributed by atoms with van der Waals surface area (Å²) in [7, 11) is 0. The number of carbonyl (C=O) groups is 2. The largest absolute Gasteiger partial charge is 0.473 e. The van der Waals surface area contributed by atoms with Crippen molar-refractivity contribution in [1.29, 1.82) is 0 Å². The molecule has 0 bridgehead atoms.